The summed E-state index contributed by atoms with van der Waals surface area (Å²) in [6.07, 6.45) is 6.63. The summed E-state index contributed by atoms with van der Waals surface area (Å²) in [7, 11) is 0. The zero-order valence-corrected chi connectivity index (χ0v) is 13.0. The van der Waals surface area contributed by atoms with Crippen LogP contribution >= 0.6 is 0 Å². The Morgan fingerprint density at radius 3 is 2.96 bits per heavy atom. The van der Waals surface area contributed by atoms with E-state index in [9.17, 15) is 4.79 Å². The first-order chi connectivity index (χ1) is 11.7. The van der Waals surface area contributed by atoms with Crippen LogP contribution in [0.2, 0.25) is 0 Å². The third-order valence-corrected chi connectivity index (χ3v) is 3.77. The van der Waals surface area contributed by atoms with E-state index < -0.39 is 0 Å². The van der Waals surface area contributed by atoms with Gasteiger partial charge >= 0.3 is 0 Å². The van der Waals surface area contributed by atoms with Crippen molar-refractivity contribution in [2.24, 2.45) is 0 Å². The standard InChI is InChI=1S/C17H15N5O2/c1-12-11-21(15-4-2-6-19-16(15)24-12)17(23)14-10-13(5-8-18-14)22-9-3-7-20-22/h2-10,12H,11H2,1H3. The van der Waals surface area contributed by atoms with Crippen LogP contribution in [-0.4, -0.2) is 38.3 Å². The second-order valence-electron chi connectivity index (χ2n) is 5.52. The van der Waals surface area contributed by atoms with Crippen LogP contribution < -0.4 is 9.64 Å². The van der Waals surface area contributed by atoms with E-state index >= 15 is 0 Å². The van der Waals surface area contributed by atoms with Gasteiger partial charge in [0.1, 0.15) is 17.5 Å². The minimum Gasteiger partial charge on any atom is -0.471 e. The molecule has 7 nitrogen and oxygen atoms in total. The number of hydrogen-bond acceptors (Lipinski definition) is 5. The molecule has 0 fully saturated rings. The molecular weight excluding hydrogens is 306 g/mol. The minimum atomic E-state index is -0.187. The molecule has 1 amide bonds. The molecule has 0 saturated carbocycles. The van der Waals surface area contributed by atoms with Gasteiger partial charge in [0.05, 0.1) is 12.2 Å². The number of fused-ring (bicyclic) bond motifs is 1. The van der Waals surface area contributed by atoms with Crippen molar-refractivity contribution in [2.45, 2.75) is 13.0 Å². The lowest BCUT2D eigenvalue weighted by Gasteiger charge is -2.32. The molecule has 1 aliphatic rings. The van der Waals surface area contributed by atoms with Gasteiger partial charge in [-0.15, -0.1) is 0 Å². The molecule has 3 aromatic heterocycles. The third-order valence-electron chi connectivity index (χ3n) is 3.77. The molecule has 3 aromatic rings. The van der Waals surface area contributed by atoms with E-state index in [0.717, 1.165) is 5.69 Å². The molecule has 0 bridgehead atoms. The zero-order valence-electron chi connectivity index (χ0n) is 13.0. The molecular formula is C17H15N5O2. The molecule has 0 aromatic carbocycles. The topological polar surface area (TPSA) is 73.1 Å². The quantitative estimate of drug-likeness (QED) is 0.722. The Balaban J connectivity index is 1.71. The fourth-order valence-electron chi connectivity index (χ4n) is 2.69. The van der Waals surface area contributed by atoms with E-state index in [1.165, 1.54) is 0 Å². The van der Waals surface area contributed by atoms with Crippen LogP contribution in [0.15, 0.2) is 55.1 Å². The maximum Gasteiger partial charge on any atom is 0.277 e. The number of nitrogens with zero attached hydrogens (tertiary/aromatic N) is 5. The molecule has 1 atom stereocenters. The Morgan fingerprint density at radius 1 is 1.21 bits per heavy atom. The van der Waals surface area contributed by atoms with Crippen LogP contribution in [0.3, 0.4) is 0 Å². The number of carbonyl (C=O) groups is 1. The van der Waals surface area contributed by atoms with Crippen molar-refractivity contribution in [2.75, 3.05) is 11.4 Å². The minimum absolute atomic E-state index is 0.134. The lowest BCUT2D eigenvalue weighted by molar-refractivity contribution is 0.0954. The lowest BCUT2D eigenvalue weighted by atomic mass is 10.2. The van der Waals surface area contributed by atoms with Gasteiger partial charge in [-0.1, -0.05) is 0 Å². The van der Waals surface area contributed by atoms with E-state index in [2.05, 4.69) is 15.1 Å². The second kappa shape index (κ2) is 5.77. The van der Waals surface area contributed by atoms with Gasteiger partial charge in [0.2, 0.25) is 5.88 Å². The summed E-state index contributed by atoms with van der Waals surface area (Å²) < 4.78 is 7.38. The van der Waals surface area contributed by atoms with Crippen molar-refractivity contribution in [3.63, 3.8) is 0 Å². The first-order valence-corrected chi connectivity index (χ1v) is 7.62. The first kappa shape index (κ1) is 14.4. The van der Waals surface area contributed by atoms with Gasteiger partial charge in [0, 0.05) is 24.8 Å². The highest BCUT2D eigenvalue weighted by molar-refractivity contribution is 6.06. The van der Waals surface area contributed by atoms with E-state index in [-0.39, 0.29) is 12.0 Å². The smallest absolute Gasteiger partial charge is 0.277 e. The highest BCUT2D eigenvalue weighted by Gasteiger charge is 2.29. The van der Waals surface area contributed by atoms with Gasteiger partial charge < -0.3 is 4.74 Å². The molecule has 120 valence electrons. The molecule has 4 rings (SSSR count). The van der Waals surface area contributed by atoms with Crippen molar-refractivity contribution in [3.05, 3.63) is 60.8 Å². The average molecular weight is 321 g/mol. The van der Waals surface area contributed by atoms with Crippen LogP contribution in [0.25, 0.3) is 5.69 Å². The number of ether oxygens (including phenoxy) is 1. The summed E-state index contributed by atoms with van der Waals surface area (Å²) in [5, 5.41) is 4.18. The fourth-order valence-corrected chi connectivity index (χ4v) is 2.69. The molecule has 1 unspecified atom stereocenters. The Morgan fingerprint density at radius 2 is 2.12 bits per heavy atom. The maximum atomic E-state index is 13.0. The fraction of sp³-hybridized carbons (Fsp3) is 0.176. The lowest BCUT2D eigenvalue weighted by Crippen LogP contribution is -2.42. The average Bonchev–Trinajstić information content (AvgIpc) is 3.15. The Bertz CT molecular complexity index is 878. The van der Waals surface area contributed by atoms with E-state index in [0.29, 0.717) is 23.8 Å². The first-order valence-electron chi connectivity index (χ1n) is 7.62. The number of hydrogen-bond donors (Lipinski definition) is 0. The normalized spacial score (nSPS) is 16.4. The van der Waals surface area contributed by atoms with E-state index in [1.54, 1.807) is 46.4 Å². The summed E-state index contributed by atoms with van der Waals surface area (Å²) in [5.74, 6) is 0.279. The number of rotatable bonds is 2. The molecule has 0 spiro atoms. The number of pyridine rings is 2. The van der Waals surface area contributed by atoms with Crippen molar-refractivity contribution in [3.8, 4) is 11.6 Å². The second-order valence-corrected chi connectivity index (χ2v) is 5.52. The number of amides is 1. The molecule has 7 heteroatoms. The number of aromatic nitrogens is 4. The zero-order chi connectivity index (χ0) is 16.5. The van der Waals surface area contributed by atoms with Gasteiger partial charge in [0.25, 0.3) is 5.91 Å². The highest BCUT2D eigenvalue weighted by Crippen LogP contribution is 2.31. The molecule has 0 radical (unpaired) electrons. The van der Waals surface area contributed by atoms with Crippen molar-refractivity contribution < 1.29 is 9.53 Å². The van der Waals surface area contributed by atoms with Gasteiger partial charge in [-0.25, -0.2) is 9.67 Å². The highest BCUT2D eigenvalue weighted by atomic mass is 16.5. The third kappa shape index (κ3) is 2.50. The Hall–Kier alpha value is -3.22. The molecule has 0 N–H and O–H groups in total. The van der Waals surface area contributed by atoms with E-state index in [1.807, 2.05) is 25.3 Å². The van der Waals surface area contributed by atoms with Crippen molar-refractivity contribution in [1.82, 2.24) is 19.7 Å². The molecule has 0 saturated heterocycles. The summed E-state index contributed by atoms with van der Waals surface area (Å²) in [5.41, 5.74) is 1.80. The largest absolute Gasteiger partial charge is 0.471 e. The molecule has 24 heavy (non-hydrogen) atoms. The summed E-state index contributed by atoms with van der Waals surface area (Å²) >= 11 is 0. The maximum absolute atomic E-state index is 13.0. The van der Waals surface area contributed by atoms with Gasteiger partial charge in [-0.05, 0) is 37.3 Å². The number of anilines is 1. The summed E-state index contributed by atoms with van der Waals surface area (Å²) in [6.45, 7) is 2.36. The van der Waals surface area contributed by atoms with Crippen LogP contribution in [-0.2, 0) is 0 Å². The molecule has 0 aliphatic carbocycles. The summed E-state index contributed by atoms with van der Waals surface area (Å²) in [4.78, 5) is 23.1. The predicted octanol–water partition coefficient (Wildman–Crippen LogP) is 2.09. The van der Waals surface area contributed by atoms with Crippen LogP contribution in [0, 0.1) is 0 Å². The monoisotopic (exact) mass is 321 g/mol. The van der Waals surface area contributed by atoms with Crippen LogP contribution in [0.5, 0.6) is 5.88 Å². The number of carbonyl (C=O) groups excluding carboxylic acids is 1. The van der Waals surface area contributed by atoms with Gasteiger partial charge in [-0.2, -0.15) is 5.10 Å². The predicted molar refractivity (Wildman–Crippen MR) is 87.4 cm³/mol. The molecule has 1 aliphatic heterocycles. The van der Waals surface area contributed by atoms with Crippen LogP contribution in [0.1, 0.15) is 17.4 Å². The summed E-state index contributed by atoms with van der Waals surface area (Å²) in [6, 6.07) is 8.97. The molecule has 4 heterocycles. The van der Waals surface area contributed by atoms with Gasteiger partial charge in [-0.3, -0.25) is 14.7 Å². The van der Waals surface area contributed by atoms with Gasteiger partial charge in [0.15, 0.2) is 0 Å². The van der Waals surface area contributed by atoms with Crippen molar-refractivity contribution >= 4 is 11.6 Å². The van der Waals surface area contributed by atoms with E-state index in [4.69, 9.17) is 4.74 Å². The Labute approximate surface area is 138 Å². The Kier molecular flexibility index (Phi) is 3.45. The van der Waals surface area contributed by atoms with Crippen LogP contribution in [0.4, 0.5) is 5.69 Å². The van der Waals surface area contributed by atoms with Crippen molar-refractivity contribution in [1.29, 1.82) is 0 Å². The SMILES string of the molecule is CC1CN(C(=O)c2cc(-n3cccn3)ccn2)c2cccnc2O1.